The van der Waals surface area contributed by atoms with Gasteiger partial charge in [-0.1, -0.05) is 37.5 Å². The van der Waals surface area contributed by atoms with Gasteiger partial charge in [0, 0.05) is 30.4 Å². The first-order chi connectivity index (χ1) is 14.9. The van der Waals surface area contributed by atoms with Gasteiger partial charge in [-0.05, 0) is 58.7 Å². The second kappa shape index (κ2) is 9.94. The van der Waals surface area contributed by atoms with E-state index in [2.05, 4.69) is 10.4 Å². The smallest absolute Gasteiger partial charge is 0.248 e. The number of rotatable bonds is 7. The summed E-state index contributed by atoms with van der Waals surface area (Å²) in [4.78, 5) is 28.0. The van der Waals surface area contributed by atoms with Crippen LogP contribution in [0.3, 0.4) is 0 Å². The molecule has 1 heterocycles. The number of amides is 2. The van der Waals surface area contributed by atoms with E-state index in [-0.39, 0.29) is 11.8 Å². The Morgan fingerprint density at radius 2 is 1.74 bits per heavy atom. The highest BCUT2D eigenvalue weighted by Crippen LogP contribution is 2.30. The number of aryl methyl sites for hydroxylation is 1. The number of para-hydroxylation sites is 1. The van der Waals surface area contributed by atoms with E-state index in [0.717, 1.165) is 41.9 Å². The highest BCUT2D eigenvalue weighted by atomic mass is 16.2. The van der Waals surface area contributed by atoms with Crippen LogP contribution in [0.2, 0.25) is 0 Å². The Morgan fingerprint density at radius 1 is 1.10 bits per heavy atom. The molecule has 3 rings (SSSR count). The van der Waals surface area contributed by atoms with Gasteiger partial charge in [-0.2, -0.15) is 5.10 Å². The van der Waals surface area contributed by atoms with Gasteiger partial charge in [0.1, 0.15) is 5.54 Å². The quantitative estimate of drug-likeness (QED) is 0.681. The number of benzene rings is 1. The summed E-state index contributed by atoms with van der Waals surface area (Å²) >= 11 is 0. The summed E-state index contributed by atoms with van der Waals surface area (Å²) < 4.78 is 1.89. The summed E-state index contributed by atoms with van der Waals surface area (Å²) in [5.74, 6) is -0.183. The average molecular weight is 423 g/mol. The van der Waals surface area contributed by atoms with Crippen LogP contribution < -0.4 is 5.32 Å². The molecular weight excluding hydrogens is 388 g/mol. The minimum absolute atomic E-state index is 0.0446. The molecule has 0 saturated heterocycles. The van der Waals surface area contributed by atoms with Crippen LogP contribution in [-0.2, 0) is 9.59 Å². The first-order valence-corrected chi connectivity index (χ1v) is 11.3. The molecule has 0 bridgehead atoms. The third-order valence-electron chi connectivity index (χ3n) is 6.28. The first kappa shape index (κ1) is 22.8. The average Bonchev–Trinajstić information content (AvgIpc) is 3.07. The van der Waals surface area contributed by atoms with Crippen molar-refractivity contribution < 1.29 is 9.59 Å². The summed E-state index contributed by atoms with van der Waals surface area (Å²) in [6.07, 6.45) is 7.77. The maximum Gasteiger partial charge on any atom is 0.248 e. The van der Waals surface area contributed by atoms with Crippen molar-refractivity contribution in [1.29, 1.82) is 0 Å². The Kier molecular flexibility index (Phi) is 7.31. The number of hydrogen-bond acceptors (Lipinski definition) is 3. The zero-order valence-electron chi connectivity index (χ0n) is 19.1. The summed E-state index contributed by atoms with van der Waals surface area (Å²) in [7, 11) is 0. The molecule has 1 aliphatic rings. The van der Waals surface area contributed by atoms with Crippen LogP contribution >= 0.6 is 0 Å². The van der Waals surface area contributed by atoms with Gasteiger partial charge in [0.15, 0.2) is 0 Å². The Bertz CT molecular complexity index is 936. The first-order valence-electron chi connectivity index (χ1n) is 11.3. The monoisotopic (exact) mass is 422 g/mol. The normalized spacial score (nSPS) is 15.7. The van der Waals surface area contributed by atoms with Gasteiger partial charge < -0.3 is 10.2 Å². The summed E-state index contributed by atoms with van der Waals surface area (Å²) in [5, 5.41) is 7.72. The van der Waals surface area contributed by atoms with Crippen LogP contribution in [0.5, 0.6) is 0 Å². The Hall–Kier alpha value is -2.89. The van der Waals surface area contributed by atoms with E-state index in [1.807, 2.05) is 73.7 Å². The Balaban J connectivity index is 1.80. The molecule has 1 N–H and O–H groups in total. The van der Waals surface area contributed by atoms with E-state index in [1.165, 1.54) is 6.08 Å². The second-order valence-corrected chi connectivity index (χ2v) is 8.27. The van der Waals surface area contributed by atoms with Crippen molar-refractivity contribution in [2.45, 2.75) is 65.3 Å². The van der Waals surface area contributed by atoms with Crippen molar-refractivity contribution in [3.05, 3.63) is 53.4 Å². The molecule has 1 aromatic carbocycles. The van der Waals surface area contributed by atoms with Gasteiger partial charge in [-0.3, -0.25) is 9.59 Å². The largest absolute Gasteiger partial charge is 0.341 e. The molecular formula is C25H34N4O2. The summed E-state index contributed by atoms with van der Waals surface area (Å²) in [5.41, 5.74) is 2.95. The van der Waals surface area contributed by atoms with Crippen molar-refractivity contribution in [3.63, 3.8) is 0 Å². The molecule has 0 unspecified atom stereocenters. The zero-order chi connectivity index (χ0) is 22.4. The van der Waals surface area contributed by atoms with Crippen LogP contribution in [0.1, 0.15) is 62.9 Å². The van der Waals surface area contributed by atoms with Crippen LogP contribution in [0.15, 0.2) is 36.4 Å². The Morgan fingerprint density at radius 3 is 2.35 bits per heavy atom. The molecule has 6 heteroatoms. The molecule has 1 fully saturated rings. The predicted molar refractivity (Wildman–Crippen MR) is 124 cm³/mol. The number of nitrogens with one attached hydrogen (secondary N) is 1. The van der Waals surface area contributed by atoms with E-state index >= 15 is 0 Å². The number of nitrogens with zero attached hydrogens (tertiary/aromatic N) is 3. The molecule has 1 saturated carbocycles. The van der Waals surface area contributed by atoms with Gasteiger partial charge >= 0.3 is 0 Å². The van der Waals surface area contributed by atoms with Gasteiger partial charge in [0.05, 0.1) is 11.4 Å². The van der Waals surface area contributed by atoms with E-state index in [9.17, 15) is 9.59 Å². The zero-order valence-corrected chi connectivity index (χ0v) is 19.1. The van der Waals surface area contributed by atoms with E-state index < -0.39 is 5.54 Å². The van der Waals surface area contributed by atoms with E-state index in [4.69, 9.17) is 0 Å². The molecule has 0 spiro atoms. The van der Waals surface area contributed by atoms with Crippen LogP contribution in [0, 0.1) is 13.8 Å². The van der Waals surface area contributed by atoms with Crippen LogP contribution in [-0.4, -0.2) is 45.1 Å². The lowest BCUT2D eigenvalue weighted by molar-refractivity contribution is -0.142. The standard InChI is InChI=1S/C25H34N4O2/c1-5-28(6-2)24(31)25(17-11-8-12-18-25)26-23(30)16-15-22-19(3)27-29(20(22)4)21-13-9-7-10-14-21/h7,9-10,13-16H,5-6,8,11-12,17-18H2,1-4H3,(H,26,30)/b16-15+. The maximum absolute atomic E-state index is 13.2. The molecule has 0 atom stereocenters. The summed E-state index contributed by atoms with van der Waals surface area (Å²) in [6.45, 7) is 9.21. The lowest BCUT2D eigenvalue weighted by Gasteiger charge is -2.39. The van der Waals surface area contributed by atoms with Gasteiger partial charge in [-0.25, -0.2) is 4.68 Å². The molecule has 31 heavy (non-hydrogen) atoms. The van der Waals surface area contributed by atoms with Crippen LogP contribution in [0.4, 0.5) is 0 Å². The minimum atomic E-state index is -0.788. The van der Waals surface area contributed by atoms with Gasteiger partial charge in [0.25, 0.3) is 0 Å². The maximum atomic E-state index is 13.2. The van der Waals surface area contributed by atoms with E-state index in [1.54, 1.807) is 0 Å². The molecule has 1 aromatic heterocycles. The lowest BCUT2D eigenvalue weighted by Crippen LogP contribution is -2.60. The predicted octanol–water partition coefficient (Wildman–Crippen LogP) is 4.19. The SMILES string of the molecule is CCN(CC)C(=O)C1(NC(=O)/C=C/c2c(C)nn(-c3ccccc3)c2C)CCCCC1. The molecule has 0 radical (unpaired) electrons. The highest BCUT2D eigenvalue weighted by molar-refractivity contribution is 5.97. The number of likely N-dealkylation sites (N-methyl/N-ethyl adjacent to an activating group) is 1. The van der Waals surface area contributed by atoms with E-state index in [0.29, 0.717) is 25.9 Å². The Labute approximate surface area is 185 Å². The fourth-order valence-corrected chi connectivity index (χ4v) is 4.51. The fourth-order valence-electron chi connectivity index (χ4n) is 4.51. The van der Waals surface area contributed by atoms with Gasteiger partial charge in [-0.15, -0.1) is 0 Å². The number of hydrogen-bond donors (Lipinski definition) is 1. The molecule has 2 aromatic rings. The van der Waals surface area contributed by atoms with Crippen molar-refractivity contribution >= 4 is 17.9 Å². The van der Waals surface area contributed by atoms with Crippen molar-refractivity contribution in [2.75, 3.05) is 13.1 Å². The second-order valence-electron chi connectivity index (χ2n) is 8.27. The summed E-state index contributed by atoms with van der Waals surface area (Å²) in [6, 6.07) is 9.94. The van der Waals surface area contributed by atoms with Crippen molar-refractivity contribution in [3.8, 4) is 5.69 Å². The number of aromatic nitrogens is 2. The third-order valence-corrected chi connectivity index (χ3v) is 6.28. The van der Waals surface area contributed by atoms with Gasteiger partial charge in [0.2, 0.25) is 11.8 Å². The molecule has 0 aliphatic heterocycles. The van der Waals surface area contributed by atoms with Crippen molar-refractivity contribution in [2.24, 2.45) is 0 Å². The topological polar surface area (TPSA) is 67.2 Å². The molecule has 166 valence electrons. The molecule has 1 aliphatic carbocycles. The highest BCUT2D eigenvalue weighted by Gasteiger charge is 2.42. The molecule has 2 amide bonds. The van der Waals surface area contributed by atoms with Crippen LogP contribution in [0.25, 0.3) is 11.8 Å². The lowest BCUT2D eigenvalue weighted by atomic mass is 9.80. The number of carbonyl (C=O) groups is 2. The fraction of sp³-hybridized carbons (Fsp3) is 0.480. The number of carbonyl (C=O) groups excluding carboxylic acids is 2. The third kappa shape index (κ3) is 4.89. The molecule has 6 nitrogen and oxygen atoms in total. The minimum Gasteiger partial charge on any atom is -0.341 e. The van der Waals surface area contributed by atoms with Crippen molar-refractivity contribution in [1.82, 2.24) is 20.0 Å².